The molecule has 2 aliphatic heterocycles. The van der Waals surface area contributed by atoms with Crippen LogP contribution < -0.4 is 0 Å². The molecule has 2 saturated heterocycles. The number of aromatic nitrogens is 4. The monoisotopic (exact) mass is 403 g/mol. The molecule has 158 valence electrons. The fourth-order valence-electron chi connectivity index (χ4n) is 3.99. The molecular weight excluding hydrogens is 374 g/mol. The molecule has 0 radical (unpaired) electrons. The van der Waals surface area contributed by atoms with E-state index in [0.717, 1.165) is 51.9 Å². The van der Waals surface area contributed by atoms with Crippen molar-refractivity contribution < 1.29 is 18.8 Å². The van der Waals surface area contributed by atoms with Gasteiger partial charge in [0.15, 0.2) is 5.82 Å². The molecule has 9 heteroatoms. The number of hydrogen-bond acceptors (Lipinski definition) is 7. The Morgan fingerprint density at radius 1 is 1.28 bits per heavy atom. The Kier molecular flexibility index (Phi) is 6.56. The molecule has 2 aromatic heterocycles. The van der Waals surface area contributed by atoms with Gasteiger partial charge in [0.1, 0.15) is 11.7 Å². The molecule has 1 atom stereocenters. The van der Waals surface area contributed by atoms with Gasteiger partial charge in [0.05, 0.1) is 6.61 Å². The van der Waals surface area contributed by atoms with Gasteiger partial charge < -0.3 is 18.9 Å². The molecule has 4 rings (SSSR count). The second-order valence-corrected chi connectivity index (χ2v) is 7.78. The van der Waals surface area contributed by atoms with Crippen molar-refractivity contribution in [3.63, 3.8) is 0 Å². The van der Waals surface area contributed by atoms with Gasteiger partial charge in [-0.05, 0) is 44.1 Å². The summed E-state index contributed by atoms with van der Waals surface area (Å²) in [6, 6.07) is 1.55. The van der Waals surface area contributed by atoms with Gasteiger partial charge in [-0.1, -0.05) is 5.16 Å². The second-order valence-electron chi connectivity index (χ2n) is 7.78. The number of carbonyl (C=O) groups excluding carboxylic acids is 1. The largest absolute Gasteiger partial charge is 0.381 e. The Balaban J connectivity index is 1.33. The van der Waals surface area contributed by atoms with E-state index < -0.39 is 0 Å². The summed E-state index contributed by atoms with van der Waals surface area (Å²) in [5.74, 6) is 1.68. The van der Waals surface area contributed by atoms with E-state index in [1.807, 2.05) is 4.90 Å². The molecule has 0 N–H and O–H groups in total. The highest BCUT2D eigenvalue weighted by Crippen LogP contribution is 2.31. The van der Waals surface area contributed by atoms with Crippen LogP contribution in [0.25, 0.3) is 0 Å². The van der Waals surface area contributed by atoms with Crippen molar-refractivity contribution in [2.75, 3.05) is 33.0 Å². The molecule has 4 heterocycles. The lowest BCUT2D eigenvalue weighted by Crippen LogP contribution is -2.39. The Morgan fingerprint density at radius 2 is 2.14 bits per heavy atom. The van der Waals surface area contributed by atoms with Crippen molar-refractivity contribution in [1.82, 2.24) is 24.8 Å². The van der Waals surface area contributed by atoms with Crippen LogP contribution in [-0.4, -0.2) is 63.7 Å². The predicted octanol–water partition coefficient (Wildman–Crippen LogP) is 2.16. The van der Waals surface area contributed by atoms with Crippen LogP contribution in [0.1, 0.15) is 60.3 Å². The molecule has 0 aromatic carbocycles. The minimum Gasteiger partial charge on any atom is -0.381 e. The van der Waals surface area contributed by atoms with Crippen LogP contribution in [0, 0.1) is 5.92 Å². The Bertz CT molecular complexity index is 798. The third-order valence-electron chi connectivity index (χ3n) is 5.74. The lowest BCUT2D eigenvalue weighted by Gasteiger charge is -2.33. The maximum atomic E-state index is 13.0. The third kappa shape index (κ3) is 4.84. The Morgan fingerprint density at radius 3 is 2.93 bits per heavy atom. The standard InChI is InChI=1S/C20H29N5O4/c1-24-17(5-9-21-24)20(26)25-10-3-2-4-16(25)19-22-18(23-29-19)8-13-28-14-15-6-11-27-12-7-15/h5,9,15-16H,2-4,6-8,10-14H2,1H3. The Hall–Kier alpha value is -2.26. The molecule has 2 fully saturated rings. The highest BCUT2D eigenvalue weighted by molar-refractivity contribution is 5.92. The normalized spacial score (nSPS) is 20.9. The van der Waals surface area contributed by atoms with Gasteiger partial charge in [0.2, 0.25) is 5.89 Å². The number of ether oxygens (including phenoxy) is 2. The van der Waals surface area contributed by atoms with Crippen LogP contribution >= 0.6 is 0 Å². The molecule has 0 spiro atoms. The van der Waals surface area contributed by atoms with E-state index in [9.17, 15) is 4.79 Å². The molecule has 0 aliphatic carbocycles. The van der Waals surface area contributed by atoms with E-state index in [1.165, 1.54) is 0 Å². The van der Waals surface area contributed by atoms with Crippen LogP contribution in [-0.2, 0) is 22.9 Å². The van der Waals surface area contributed by atoms with E-state index in [0.29, 0.717) is 42.9 Å². The van der Waals surface area contributed by atoms with Gasteiger partial charge in [-0.15, -0.1) is 0 Å². The number of aryl methyl sites for hydroxylation is 1. The van der Waals surface area contributed by atoms with Crippen LogP contribution in [0.3, 0.4) is 0 Å². The zero-order chi connectivity index (χ0) is 20.1. The van der Waals surface area contributed by atoms with Crippen molar-refractivity contribution in [3.05, 3.63) is 29.7 Å². The molecule has 1 amide bonds. The summed E-state index contributed by atoms with van der Waals surface area (Å²) in [5, 5.41) is 8.21. The topological polar surface area (TPSA) is 95.5 Å². The molecular formula is C20H29N5O4. The number of piperidine rings is 1. The number of nitrogens with zero attached hydrogens (tertiary/aromatic N) is 5. The molecule has 2 aliphatic rings. The average molecular weight is 403 g/mol. The summed E-state index contributed by atoms with van der Waals surface area (Å²) >= 11 is 0. The third-order valence-corrected chi connectivity index (χ3v) is 5.74. The minimum absolute atomic E-state index is 0.0470. The maximum Gasteiger partial charge on any atom is 0.272 e. The fourth-order valence-corrected chi connectivity index (χ4v) is 3.99. The van der Waals surface area contributed by atoms with Crippen molar-refractivity contribution in [1.29, 1.82) is 0 Å². The molecule has 2 aromatic rings. The highest BCUT2D eigenvalue weighted by atomic mass is 16.5. The number of hydrogen-bond donors (Lipinski definition) is 0. The molecule has 0 bridgehead atoms. The van der Waals surface area contributed by atoms with Gasteiger partial charge in [-0.25, -0.2) is 0 Å². The van der Waals surface area contributed by atoms with Crippen LogP contribution in [0.15, 0.2) is 16.8 Å². The first kappa shape index (κ1) is 20.0. The smallest absolute Gasteiger partial charge is 0.272 e. The molecule has 0 saturated carbocycles. The molecule has 29 heavy (non-hydrogen) atoms. The zero-order valence-electron chi connectivity index (χ0n) is 17.0. The van der Waals surface area contributed by atoms with Crippen molar-refractivity contribution in [2.24, 2.45) is 13.0 Å². The predicted molar refractivity (Wildman–Crippen MR) is 103 cm³/mol. The lowest BCUT2D eigenvalue weighted by molar-refractivity contribution is 0.0211. The quantitative estimate of drug-likeness (QED) is 0.654. The summed E-state index contributed by atoms with van der Waals surface area (Å²) in [6.45, 7) is 3.66. The van der Waals surface area contributed by atoms with Gasteiger partial charge in [0, 0.05) is 46.0 Å². The van der Waals surface area contributed by atoms with E-state index in [-0.39, 0.29) is 11.9 Å². The first-order valence-corrected chi connectivity index (χ1v) is 10.5. The van der Waals surface area contributed by atoms with Gasteiger partial charge in [-0.2, -0.15) is 10.1 Å². The zero-order valence-corrected chi connectivity index (χ0v) is 17.0. The van der Waals surface area contributed by atoms with Crippen molar-refractivity contribution in [2.45, 2.75) is 44.6 Å². The van der Waals surface area contributed by atoms with E-state index >= 15 is 0 Å². The maximum absolute atomic E-state index is 13.0. The first-order chi connectivity index (χ1) is 14.2. The summed E-state index contributed by atoms with van der Waals surface area (Å²) in [7, 11) is 1.78. The van der Waals surface area contributed by atoms with E-state index in [4.69, 9.17) is 14.0 Å². The van der Waals surface area contributed by atoms with Gasteiger partial charge >= 0.3 is 0 Å². The number of rotatable bonds is 7. The summed E-state index contributed by atoms with van der Waals surface area (Å²) in [6.07, 6.45) is 7.20. The summed E-state index contributed by atoms with van der Waals surface area (Å²) < 4.78 is 18.3. The van der Waals surface area contributed by atoms with Crippen LogP contribution in [0.2, 0.25) is 0 Å². The minimum atomic E-state index is -0.185. The second kappa shape index (κ2) is 9.49. The van der Waals surface area contributed by atoms with Gasteiger partial charge in [-0.3, -0.25) is 9.48 Å². The molecule has 9 nitrogen and oxygen atoms in total. The number of carbonyl (C=O) groups is 1. The number of amides is 1. The van der Waals surface area contributed by atoms with Crippen LogP contribution in [0.5, 0.6) is 0 Å². The summed E-state index contributed by atoms with van der Waals surface area (Å²) in [5.41, 5.74) is 0.568. The Labute approximate surface area is 170 Å². The SMILES string of the molecule is Cn1nccc1C(=O)N1CCCCC1c1nc(CCOCC2CCOCC2)no1. The highest BCUT2D eigenvalue weighted by Gasteiger charge is 2.33. The van der Waals surface area contributed by atoms with E-state index in [1.54, 1.807) is 24.0 Å². The average Bonchev–Trinajstić information content (AvgIpc) is 3.40. The molecule has 1 unspecified atom stereocenters. The van der Waals surface area contributed by atoms with Crippen LogP contribution in [0.4, 0.5) is 0 Å². The summed E-state index contributed by atoms with van der Waals surface area (Å²) in [4.78, 5) is 19.4. The fraction of sp³-hybridized carbons (Fsp3) is 0.700. The number of likely N-dealkylation sites (tertiary alicyclic amines) is 1. The van der Waals surface area contributed by atoms with Gasteiger partial charge in [0.25, 0.3) is 5.91 Å². The van der Waals surface area contributed by atoms with E-state index in [2.05, 4.69) is 15.2 Å². The first-order valence-electron chi connectivity index (χ1n) is 10.5. The van der Waals surface area contributed by atoms with Crippen molar-refractivity contribution >= 4 is 5.91 Å². The lowest BCUT2D eigenvalue weighted by atomic mass is 10.0. The van der Waals surface area contributed by atoms with Crippen molar-refractivity contribution in [3.8, 4) is 0 Å².